The number of amides is 5. The summed E-state index contributed by atoms with van der Waals surface area (Å²) in [4.78, 5) is 79.7. The first kappa shape index (κ1) is 37.6. The van der Waals surface area contributed by atoms with Crippen LogP contribution in [0, 0.1) is 0 Å². The maximum atomic E-state index is 13.9. The van der Waals surface area contributed by atoms with Crippen molar-refractivity contribution in [3.05, 3.63) is 90.1 Å². The Morgan fingerprint density at radius 2 is 1.43 bits per heavy atom. The lowest BCUT2D eigenvalue weighted by Crippen LogP contribution is -2.58. The Bertz CT molecular complexity index is 1800. The molecule has 0 saturated heterocycles. The molecule has 17 heteroatoms. The van der Waals surface area contributed by atoms with E-state index in [2.05, 4.69) is 41.2 Å². The molecule has 270 valence electrons. The molecule has 14 N–H and O–H groups in total. The van der Waals surface area contributed by atoms with Crippen molar-refractivity contribution in [2.45, 2.75) is 56.3 Å². The number of H-pyrrole nitrogens is 2. The van der Waals surface area contributed by atoms with Gasteiger partial charge in [0.1, 0.15) is 18.1 Å². The molecule has 17 nitrogen and oxygen atoms in total. The molecule has 0 radical (unpaired) electrons. The SMILES string of the molecule is NC(=O)CNC(=O)[C@H](Cc1c[nH]c2ccccc12)NC(=O)[C@H](CCCN=C(N)N)NC(=O)[C@@H](Cc1ccccc1)NC(=O)[C@@H](N)Cc1cnc[nH]1. The number of carbonyl (C=O) groups excluding carboxylic acids is 5. The molecule has 0 fully saturated rings. The monoisotopic (exact) mass is 700 g/mol. The first-order valence-corrected chi connectivity index (χ1v) is 16.3. The third-order valence-corrected chi connectivity index (χ3v) is 7.99. The third-order valence-electron chi connectivity index (χ3n) is 7.99. The maximum Gasteiger partial charge on any atom is 0.243 e. The molecule has 4 rings (SSSR count). The number of hydrogen-bond acceptors (Lipinski definition) is 8. The first-order chi connectivity index (χ1) is 24.5. The fourth-order valence-electron chi connectivity index (χ4n) is 5.41. The number of aliphatic imine (C=N–C) groups is 1. The van der Waals surface area contributed by atoms with E-state index in [1.807, 2.05) is 30.3 Å². The van der Waals surface area contributed by atoms with Crippen LogP contribution in [0.3, 0.4) is 0 Å². The zero-order valence-electron chi connectivity index (χ0n) is 27.9. The Morgan fingerprint density at radius 3 is 2.14 bits per heavy atom. The van der Waals surface area contributed by atoms with Crippen molar-refractivity contribution in [1.82, 2.24) is 36.2 Å². The van der Waals surface area contributed by atoms with Gasteiger partial charge < -0.3 is 54.2 Å². The van der Waals surface area contributed by atoms with Crippen LogP contribution in [-0.4, -0.2) is 87.7 Å². The van der Waals surface area contributed by atoms with E-state index in [0.717, 1.165) is 22.0 Å². The number of fused-ring (bicyclic) bond motifs is 1. The average Bonchev–Trinajstić information content (AvgIpc) is 3.78. The van der Waals surface area contributed by atoms with Gasteiger partial charge in [0.2, 0.25) is 29.5 Å². The van der Waals surface area contributed by atoms with Crippen LogP contribution >= 0.6 is 0 Å². The normalized spacial score (nSPS) is 13.3. The molecular weight excluding hydrogens is 656 g/mol. The molecule has 2 aromatic carbocycles. The third kappa shape index (κ3) is 11.7. The highest BCUT2D eigenvalue weighted by atomic mass is 16.2. The van der Waals surface area contributed by atoms with Gasteiger partial charge in [-0.1, -0.05) is 48.5 Å². The number of aromatic amines is 2. The maximum absolute atomic E-state index is 13.9. The summed E-state index contributed by atoms with van der Waals surface area (Å²) in [6.45, 7) is -0.284. The van der Waals surface area contributed by atoms with Crippen LogP contribution in [0.5, 0.6) is 0 Å². The van der Waals surface area contributed by atoms with Crippen molar-refractivity contribution in [2.75, 3.05) is 13.1 Å². The van der Waals surface area contributed by atoms with Gasteiger partial charge in [-0.05, 0) is 30.0 Å². The molecule has 51 heavy (non-hydrogen) atoms. The Hall–Kier alpha value is -6.23. The highest BCUT2D eigenvalue weighted by molar-refractivity contribution is 5.96. The minimum absolute atomic E-state index is 0.0515. The molecule has 0 bridgehead atoms. The van der Waals surface area contributed by atoms with Gasteiger partial charge in [0.25, 0.3) is 0 Å². The topological polar surface area (TPSA) is 294 Å². The number of hydrogen-bond donors (Lipinski definition) is 10. The van der Waals surface area contributed by atoms with Crippen LogP contribution in [-0.2, 0) is 43.2 Å². The Balaban J connectivity index is 1.56. The van der Waals surface area contributed by atoms with Crippen LogP contribution < -0.4 is 44.2 Å². The molecular formula is C34H44N12O5. The molecule has 4 aromatic rings. The zero-order valence-corrected chi connectivity index (χ0v) is 27.9. The lowest BCUT2D eigenvalue weighted by molar-refractivity contribution is -0.134. The Kier molecular flexibility index (Phi) is 13.6. The number of imidazole rings is 1. The van der Waals surface area contributed by atoms with Crippen LogP contribution in [0.2, 0.25) is 0 Å². The van der Waals surface area contributed by atoms with Crippen LogP contribution in [0.1, 0.15) is 29.7 Å². The minimum atomic E-state index is -1.19. The fourth-order valence-corrected chi connectivity index (χ4v) is 5.41. The highest BCUT2D eigenvalue weighted by Gasteiger charge is 2.31. The lowest BCUT2D eigenvalue weighted by Gasteiger charge is -2.26. The first-order valence-electron chi connectivity index (χ1n) is 16.3. The number of carbonyl (C=O) groups is 5. The second kappa shape index (κ2) is 18.5. The van der Waals surface area contributed by atoms with Crippen molar-refractivity contribution in [3.63, 3.8) is 0 Å². The van der Waals surface area contributed by atoms with Gasteiger partial charge in [-0.15, -0.1) is 0 Å². The molecule has 4 atom stereocenters. The van der Waals surface area contributed by atoms with Gasteiger partial charge in [0.05, 0.1) is 18.9 Å². The molecule has 0 unspecified atom stereocenters. The molecule has 0 aliphatic heterocycles. The fraction of sp³-hybridized carbons (Fsp3) is 0.324. The van der Waals surface area contributed by atoms with Crippen LogP contribution in [0.15, 0.2) is 78.3 Å². The smallest absolute Gasteiger partial charge is 0.243 e. The van der Waals surface area contributed by atoms with Crippen LogP contribution in [0.25, 0.3) is 10.9 Å². The summed E-state index contributed by atoms with van der Waals surface area (Å²) < 4.78 is 0. The van der Waals surface area contributed by atoms with Crippen LogP contribution in [0.4, 0.5) is 0 Å². The number of nitrogens with two attached hydrogens (primary N) is 4. The molecule has 5 amide bonds. The van der Waals surface area contributed by atoms with Gasteiger partial charge >= 0.3 is 0 Å². The van der Waals surface area contributed by atoms with E-state index in [-0.39, 0.29) is 44.6 Å². The Labute approximate surface area is 293 Å². The summed E-state index contributed by atoms with van der Waals surface area (Å²) in [5.41, 5.74) is 25.3. The quantitative estimate of drug-likeness (QED) is 0.0304. The van der Waals surface area contributed by atoms with Crippen molar-refractivity contribution >= 4 is 46.4 Å². The van der Waals surface area contributed by atoms with Gasteiger partial charge in [-0.3, -0.25) is 29.0 Å². The molecule has 0 spiro atoms. The van der Waals surface area contributed by atoms with Crippen molar-refractivity contribution in [1.29, 1.82) is 0 Å². The van der Waals surface area contributed by atoms with E-state index in [4.69, 9.17) is 22.9 Å². The number of guanidine groups is 1. The minimum Gasteiger partial charge on any atom is -0.370 e. The summed E-state index contributed by atoms with van der Waals surface area (Å²) in [6.07, 6.45) is 5.39. The predicted octanol–water partition coefficient (Wildman–Crippen LogP) is -1.64. The molecule has 0 aliphatic carbocycles. The number of rotatable bonds is 19. The highest BCUT2D eigenvalue weighted by Crippen LogP contribution is 2.19. The second-order valence-corrected chi connectivity index (χ2v) is 12.0. The van der Waals surface area contributed by atoms with E-state index in [1.54, 1.807) is 36.7 Å². The lowest BCUT2D eigenvalue weighted by atomic mass is 10.0. The largest absolute Gasteiger partial charge is 0.370 e. The molecule has 0 aliphatic rings. The van der Waals surface area contributed by atoms with Gasteiger partial charge in [0.15, 0.2) is 5.96 Å². The van der Waals surface area contributed by atoms with Gasteiger partial charge in [0, 0.05) is 54.8 Å². The van der Waals surface area contributed by atoms with Crippen molar-refractivity contribution in [2.24, 2.45) is 27.9 Å². The van der Waals surface area contributed by atoms with Gasteiger partial charge in [-0.25, -0.2) is 4.98 Å². The van der Waals surface area contributed by atoms with E-state index in [1.165, 1.54) is 6.33 Å². The van der Waals surface area contributed by atoms with E-state index < -0.39 is 60.2 Å². The predicted molar refractivity (Wildman–Crippen MR) is 190 cm³/mol. The standard InChI is InChI=1S/C34H44N12O5/c35-24(15-22-17-39-19-43-22)30(48)45-27(13-20-7-2-1-3-8-20)33(51)44-26(11-6-12-40-34(37)38)32(50)46-28(31(49)42-18-29(36)47)14-21-16-41-25-10-5-4-9-23(21)25/h1-5,7-10,16-17,19,24,26-28,41H,6,11-15,18,35H2,(H2,36,47)(H,39,43)(H,42,49)(H,44,51)(H,45,48)(H,46,50)(H4,37,38,40)/t24-,26-,27+,28-/m0/s1. The summed E-state index contributed by atoms with van der Waals surface area (Å²) in [7, 11) is 0. The zero-order chi connectivity index (χ0) is 36.8. The average molecular weight is 701 g/mol. The summed E-state index contributed by atoms with van der Waals surface area (Å²) in [6, 6.07) is 12.0. The number of para-hydroxylation sites is 1. The number of benzene rings is 2. The Morgan fingerprint density at radius 1 is 0.765 bits per heavy atom. The molecule has 2 heterocycles. The number of primary amides is 1. The van der Waals surface area contributed by atoms with Crippen molar-refractivity contribution in [3.8, 4) is 0 Å². The summed E-state index contributed by atoms with van der Waals surface area (Å²) in [5, 5.41) is 11.5. The summed E-state index contributed by atoms with van der Waals surface area (Å²) in [5.74, 6) is -3.48. The number of nitrogens with one attached hydrogen (secondary N) is 6. The number of aromatic nitrogens is 3. The molecule has 0 saturated carbocycles. The molecule has 2 aromatic heterocycles. The second-order valence-electron chi connectivity index (χ2n) is 12.0. The summed E-state index contributed by atoms with van der Waals surface area (Å²) >= 11 is 0. The number of nitrogens with zero attached hydrogens (tertiary/aromatic N) is 2. The van der Waals surface area contributed by atoms with Crippen molar-refractivity contribution < 1.29 is 24.0 Å². The van der Waals surface area contributed by atoms with Gasteiger partial charge in [-0.2, -0.15) is 0 Å². The van der Waals surface area contributed by atoms with E-state index in [0.29, 0.717) is 5.69 Å². The van der Waals surface area contributed by atoms with E-state index in [9.17, 15) is 24.0 Å². The van der Waals surface area contributed by atoms with E-state index >= 15 is 0 Å².